The first kappa shape index (κ1) is 22.8. The highest BCUT2D eigenvalue weighted by Crippen LogP contribution is 2.35. The van der Waals surface area contributed by atoms with E-state index in [0.29, 0.717) is 17.1 Å². The molecule has 1 fully saturated rings. The molecular formula is C24H17ClFNO5S. The molecule has 33 heavy (non-hydrogen) atoms. The molecule has 0 N–H and O–H groups in total. The lowest BCUT2D eigenvalue weighted by Gasteiger charge is -2.12. The second kappa shape index (κ2) is 9.64. The van der Waals surface area contributed by atoms with Gasteiger partial charge in [-0.15, -0.1) is 0 Å². The first-order chi connectivity index (χ1) is 15.9. The number of benzene rings is 2. The van der Waals surface area contributed by atoms with Crippen molar-refractivity contribution in [3.8, 4) is 11.3 Å². The van der Waals surface area contributed by atoms with Gasteiger partial charge in [-0.1, -0.05) is 29.8 Å². The molecule has 1 aliphatic rings. The topological polar surface area (TPSA) is 76.8 Å². The molecule has 1 aromatic heterocycles. The van der Waals surface area contributed by atoms with E-state index >= 15 is 0 Å². The van der Waals surface area contributed by atoms with Gasteiger partial charge in [0, 0.05) is 17.2 Å². The Hall–Kier alpha value is -3.36. The number of rotatable bonds is 6. The van der Waals surface area contributed by atoms with Gasteiger partial charge in [0.2, 0.25) is 0 Å². The molecule has 2 amide bonds. The van der Waals surface area contributed by atoms with Crippen LogP contribution < -0.4 is 0 Å². The number of esters is 1. The summed E-state index contributed by atoms with van der Waals surface area (Å²) in [7, 11) is 0. The lowest BCUT2D eigenvalue weighted by atomic mass is 10.1. The van der Waals surface area contributed by atoms with Crippen LogP contribution in [0.15, 0.2) is 63.9 Å². The molecule has 0 aliphatic carbocycles. The van der Waals surface area contributed by atoms with E-state index in [1.165, 1.54) is 24.3 Å². The normalized spacial score (nSPS) is 14.9. The molecule has 3 aromatic rings. The summed E-state index contributed by atoms with van der Waals surface area (Å²) in [6, 6.07) is 14.1. The Morgan fingerprint density at radius 1 is 1.18 bits per heavy atom. The van der Waals surface area contributed by atoms with Crippen molar-refractivity contribution < 1.29 is 27.9 Å². The quantitative estimate of drug-likeness (QED) is 0.308. The zero-order chi connectivity index (χ0) is 23.5. The van der Waals surface area contributed by atoms with Gasteiger partial charge in [0.25, 0.3) is 11.1 Å². The van der Waals surface area contributed by atoms with Crippen molar-refractivity contribution in [2.24, 2.45) is 0 Å². The SMILES string of the molecule is CCOC(=O)c1cc(-c2ccc(/C=C3/SC(=O)N(Cc4ccccc4F)C3=O)o2)ccc1Cl. The summed E-state index contributed by atoms with van der Waals surface area (Å²) >= 11 is 6.86. The van der Waals surface area contributed by atoms with E-state index < -0.39 is 22.9 Å². The number of carbonyl (C=O) groups is 3. The number of hydrogen-bond donors (Lipinski definition) is 0. The van der Waals surface area contributed by atoms with E-state index in [1.54, 1.807) is 43.3 Å². The Labute approximate surface area is 198 Å². The largest absolute Gasteiger partial charge is 0.462 e. The average molecular weight is 486 g/mol. The Bertz CT molecular complexity index is 1290. The summed E-state index contributed by atoms with van der Waals surface area (Å²) in [4.78, 5) is 38.3. The number of imide groups is 1. The molecule has 0 unspecified atom stereocenters. The fraction of sp³-hybridized carbons (Fsp3) is 0.125. The highest BCUT2D eigenvalue weighted by molar-refractivity contribution is 8.18. The lowest BCUT2D eigenvalue weighted by molar-refractivity contribution is -0.123. The summed E-state index contributed by atoms with van der Waals surface area (Å²) in [5.41, 5.74) is 1.06. The maximum Gasteiger partial charge on any atom is 0.339 e. The minimum Gasteiger partial charge on any atom is -0.462 e. The molecule has 9 heteroatoms. The zero-order valence-corrected chi connectivity index (χ0v) is 18.9. The van der Waals surface area contributed by atoms with Gasteiger partial charge in [0.15, 0.2) is 0 Å². The molecule has 1 saturated heterocycles. The van der Waals surface area contributed by atoms with Crippen LogP contribution in [0.1, 0.15) is 28.6 Å². The number of hydrogen-bond acceptors (Lipinski definition) is 6. The average Bonchev–Trinajstić information content (AvgIpc) is 3.36. The lowest BCUT2D eigenvalue weighted by Crippen LogP contribution is -2.27. The van der Waals surface area contributed by atoms with Crippen LogP contribution >= 0.6 is 23.4 Å². The molecule has 168 valence electrons. The van der Waals surface area contributed by atoms with Crippen molar-refractivity contribution in [3.63, 3.8) is 0 Å². The van der Waals surface area contributed by atoms with Crippen LogP contribution in [0.5, 0.6) is 0 Å². The van der Waals surface area contributed by atoms with Crippen LogP contribution in [-0.4, -0.2) is 28.6 Å². The fourth-order valence-electron chi connectivity index (χ4n) is 3.19. The number of nitrogens with zero attached hydrogens (tertiary/aromatic N) is 1. The number of thioether (sulfide) groups is 1. The van der Waals surface area contributed by atoms with E-state index in [2.05, 4.69) is 0 Å². The molecular weight excluding hydrogens is 469 g/mol. The number of furan rings is 1. The molecule has 0 bridgehead atoms. The Kier molecular flexibility index (Phi) is 6.67. The molecule has 4 rings (SSSR count). The molecule has 0 atom stereocenters. The summed E-state index contributed by atoms with van der Waals surface area (Å²) < 4.78 is 24.7. The highest BCUT2D eigenvalue weighted by Gasteiger charge is 2.35. The van der Waals surface area contributed by atoms with E-state index in [4.69, 9.17) is 20.8 Å². The van der Waals surface area contributed by atoms with E-state index in [9.17, 15) is 18.8 Å². The van der Waals surface area contributed by atoms with Crippen LogP contribution in [0.3, 0.4) is 0 Å². The van der Waals surface area contributed by atoms with Gasteiger partial charge in [0.1, 0.15) is 17.3 Å². The predicted octanol–water partition coefficient (Wildman–Crippen LogP) is 6.15. The first-order valence-electron chi connectivity index (χ1n) is 9.93. The number of ether oxygens (including phenoxy) is 1. The molecule has 6 nitrogen and oxygen atoms in total. The second-order valence-corrected chi connectivity index (χ2v) is 8.38. The maximum absolute atomic E-state index is 13.9. The minimum atomic E-state index is -0.542. The summed E-state index contributed by atoms with van der Waals surface area (Å²) in [6.07, 6.45) is 1.46. The van der Waals surface area contributed by atoms with Gasteiger partial charge in [0.05, 0.1) is 28.6 Å². The number of halogens is 2. The third-order valence-electron chi connectivity index (χ3n) is 4.81. The molecule has 2 heterocycles. The summed E-state index contributed by atoms with van der Waals surface area (Å²) in [6.45, 7) is 1.77. The number of amides is 2. The first-order valence-corrected chi connectivity index (χ1v) is 11.1. The van der Waals surface area contributed by atoms with E-state index in [0.717, 1.165) is 16.7 Å². The van der Waals surface area contributed by atoms with Crippen LogP contribution in [0.2, 0.25) is 5.02 Å². The Balaban J connectivity index is 1.55. The fourth-order valence-corrected chi connectivity index (χ4v) is 4.20. The third kappa shape index (κ3) is 4.86. The molecule has 0 saturated carbocycles. The standard InChI is InChI=1S/C24H17ClFNO5S/c1-2-31-23(29)17-11-14(7-9-18(17)25)20-10-8-16(32-20)12-21-22(28)27(24(30)33-21)13-15-5-3-4-6-19(15)26/h3-12H,2,13H2,1H3/b21-12+. The monoisotopic (exact) mass is 485 g/mol. The highest BCUT2D eigenvalue weighted by atomic mass is 35.5. The second-order valence-electron chi connectivity index (χ2n) is 6.98. The van der Waals surface area contributed by atoms with Crippen LogP contribution in [0, 0.1) is 5.82 Å². The molecule has 1 aliphatic heterocycles. The zero-order valence-electron chi connectivity index (χ0n) is 17.3. The summed E-state index contributed by atoms with van der Waals surface area (Å²) in [5, 5.41) is -0.231. The van der Waals surface area contributed by atoms with Crippen molar-refractivity contribution in [2.45, 2.75) is 13.5 Å². The summed E-state index contributed by atoms with van der Waals surface area (Å²) in [5.74, 6) is -0.772. The van der Waals surface area contributed by atoms with Crippen molar-refractivity contribution in [2.75, 3.05) is 6.61 Å². The van der Waals surface area contributed by atoms with E-state index in [1.807, 2.05) is 0 Å². The van der Waals surface area contributed by atoms with Gasteiger partial charge >= 0.3 is 5.97 Å². The molecule has 0 radical (unpaired) electrons. The van der Waals surface area contributed by atoms with Crippen LogP contribution in [0.4, 0.5) is 9.18 Å². The van der Waals surface area contributed by atoms with Crippen molar-refractivity contribution in [1.29, 1.82) is 0 Å². The van der Waals surface area contributed by atoms with Crippen LogP contribution in [0.25, 0.3) is 17.4 Å². The maximum atomic E-state index is 13.9. The smallest absolute Gasteiger partial charge is 0.339 e. The van der Waals surface area contributed by atoms with E-state index in [-0.39, 0.29) is 34.2 Å². The van der Waals surface area contributed by atoms with Gasteiger partial charge in [-0.3, -0.25) is 14.5 Å². The Morgan fingerprint density at radius 3 is 2.73 bits per heavy atom. The van der Waals surface area contributed by atoms with Crippen molar-refractivity contribution >= 4 is 46.6 Å². The van der Waals surface area contributed by atoms with Crippen molar-refractivity contribution in [3.05, 3.63) is 87.2 Å². The van der Waals surface area contributed by atoms with Gasteiger partial charge in [-0.2, -0.15) is 0 Å². The van der Waals surface area contributed by atoms with Crippen molar-refractivity contribution in [1.82, 2.24) is 4.90 Å². The molecule has 0 spiro atoms. The number of carbonyl (C=O) groups excluding carboxylic acids is 3. The minimum absolute atomic E-state index is 0.153. The predicted molar refractivity (Wildman–Crippen MR) is 123 cm³/mol. The van der Waals surface area contributed by atoms with Gasteiger partial charge < -0.3 is 9.15 Å². The van der Waals surface area contributed by atoms with Gasteiger partial charge in [-0.25, -0.2) is 9.18 Å². The van der Waals surface area contributed by atoms with Gasteiger partial charge in [-0.05, 0) is 55.1 Å². The Morgan fingerprint density at radius 2 is 1.97 bits per heavy atom. The third-order valence-corrected chi connectivity index (χ3v) is 6.04. The van der Waals surface area contributed by atoms with Crippen LogP contribution in [-0.2, 0) is 16.1 Å². The molecule has 2 aromatic carbocycles.